The van der Waals surface area contributed by atoms with Crippen LogP contribution in [0.25, 0.3) is 0 Å². The number of anilines is 1. The Bertz CT molecular complexity index is 341. The summed E-state index contributed by atoms with van der Waals surface area (Å²) >= 11 is 0. The van der Waals surface area contributed by atoms with Crippen LogP contribution in [0, 0.1) is 0 Å². The van der Waals surface area contributed by atoms with Gasteiger partial charge in [-0.15, -0.1) is 0 Å². The average molecular weight is 197 g/mol. The lowest BCUT2D eigenvalue weighted by Crippen LogP contribution is -2.14. The van der Waals surface area contributed by atoms with Crippen molar-refractivity contribution in [2.45, 2.75) is 0 Å². The van der Waals surface area contributed by atoms with Gasteiger partial charge in [-0.3, -0.25) is 4.79 Å². The smallest absolute Gasteiger partial charge is 0.251 e. The van der Waals surface area contributed by atoms with Crippen LogP contribution in [0.4, 0.5) is 5.69 Å². The SMILES string of the molecule is NC(=O)c1cc(OCCO)ncc1N. The second-order valence-electron chi connectivity index (χ2n) is 2.55. The lowest BCUT2D eigenvalue weighted by atomic mass is 10.2. The van der Waals surface area contributed by atoms with E-state index in [4.69, 9.17) is 21.3 Å². The molecule has 0 unspecified atom stereocenters. The van der Waals surface area contributed by atoms with Gasteiger partial charge in [-0.2, -0.15) is 0 Å². The van der Waals surface area contributed by atoms with Crippen LogP contribution in [0.15, 0.2) is 12.3 Å². The second-order valence-corrected chi connectivity index (χ2v) is 2.55. The number of amides is 1. The third-order valence-electron chi connectivity index (χ3n) is 1.52. The monoisotopic (exact) mass is 197 g/mol. The molecule has 0 aliphatic rings. The van der Waals surface area contributed by atoms with Crippen LogP contribution in [-0.2, 0) is 0 Å². The molecule has 0 aromatic carbocycles. The van der Waals surface area contributed by atoms with Crippen LogP contribution in [0.2, 0.25) is 0 Å². The molecule has 0 spiro atoms. The van der Waals surface area contributed by atoms with E-state index in [1.807, 2.05) is 0 Å². The third kappa shape index (κ3) is 2.33. The Morgan fingerprint density at radius 1 is 1.64 bits per heavy atom. The number of hydrogen-bond acceptors (Lipinski definition) is 5. The number of carbonyl (C=O) groups excluding carboxylic acids is 1. The highest BCUT2D eigenvalue weighted by Crippen LogP contribution is 2.15. The highest BCUT2D eigenvalue weighted by Gasteiger charge is 2.08. The molecule has 6 heteroatoms. The number of aliphatic hydroxyl groups excluding tert-OH is 1. The number of primary amides is 1. The molecule has 1 aromatic heterocycles. The van der Waals surface area contributed by atoms with Crippen LogP contribution < -0.4 is 16.2 Å². The topological polar surface area (TPSA) is 111 Å². The number of nitrogens with two attached hydrogens (primary N) is 2. The first-order chi connectivity index (χ1) is 6.65. The zero-order chi connectivity index (χ0) is 10.6. The van der Waals surface area contributed by atoms with Crippen molar-refractivity contribution in [3.05, 3.63) is 17.8 Å². The highest BCUT2D eigenvalue weighted by molar-refractivity contribution is 5.97. The van der Waals surface area contributed by atoms with Gasteiger partial charge >= 0.3 is 0 Å². The molecule has 1 amide bonds. The van der Waals surface area contributed by atoms with Crippen LogP contribution in [0.1, 0.15) is 10.4 Å². The van der Waals surface area contributed by atoms with Crippen LogP contribution in [0.5, 0.6) is 5.88 Å². The van der Waals surface area contributed by atoms with E-state index < -0.39 is 5.91 Å². The van der Waals surface area contributed by atoms with Gasteiger partial charge in [0.25, 0.3) is 5.91 Å². The Kier molecular flexibility index (Phi) is 3.24. The van der Waals surface area contributed by atoms with Gasteiger partial charge in [0.1, 0.15) is 6.61 Å². The van der Waals surface area contributed by atoms with E-state index in [-0.39, 0.29) is 30.3 Å². The maximum atomic E-state index is 10.9. The average Bonchev–Trinajstić information content (AvgIpc) is 2.16. The van der Waals surface area contributed by atoms with Gasteiger partial charge in [0.2, 0.25) is 5.88 Å². The predicted octanol–water partition coefficient (Wildman–Crippen LogP) is -0.866. The van der Waals surface area contributed by atoms with E-state index >= 15 is 0 Å². The minimum absolute atomic E-state index is 0.106. The Morgan fingerprint density at radius 3 is 2.93 bits per heavy atom. The largest absolute Gasteiger partial charge is 0.475 e. The number of rotatable bonds is 4. The lowest BCUT2D eigenvalue weighted by Gasteiger charge is -2.05. The minimum Gasteiger partial charge on any atom is -0.475 e. The number of nitrogen functional groups attached to an aromatic ring is 1. The summed E-state index contributed by atoms with van der Waals surface area (Å²) in [6.07, 6.45) is 1.28. The molecule has 6 nitrogen and oxygen atoms in total. The fourth-order valence-electron chi connectivity index (χ4n) is 0.889. The molecule has 1 rings (SSSR count). The third-order valence-corrected chi connectivity index (χ3v) is 1.52. The van der Waals surface area contributed by atoms with Crippen molar-refractivity contribution in [3.8, 4) is 5.88 Å². The maximum Gasteiger partial charge on any atom is 0.251 e. The van der Waals surface area contributed by atoms with Gasteiger partial charge in [-0.1, -0.05) is 0 Å². The molecule has 0 aliphatic heterocycles. The van der Waals surface area contributed by atoms with Crippen molar-refractivity contribution in [3.63, 3.8) is 0 Å². The van der Waals surface area contributed by atoms with Gasteiger partial charge in [-0.05, 0) is 0 Å². The number of aliphatic hydroxyl groups is 1. The molecule has 76 valence electrons. The van der Waals surface area contributed by atoms with E-state index in [0.717, 1.165) is 0 Å². The van der Waals surface area contributed by atoms with Crippen molar-refractivity contribution in [2.24, 2.45) is 5.73 Å². The van der Waals surface area contributed by atoms with Crippen molar-refractivity contribution < 1.29 is 14.6 Å². The Labute approximate surface area is 80.5 Å². The van der Waals surface area contributed by atoms with Crippen LogP contribution in [0.3, 0.4) is 0 Å². The summed E-state index contributed by atoms with van der Waals surface area (Å²) in [7, 11) is 0. The van der Waals surface area contributed by atoms with Crippen molar-refractivity contribution >= 4 is 11.6 Å². The molecule has 1 heterocycles. The molecule has 0 aliphatic carbocycles. The zero-order valence-corrected chi connectivity index (χ0v) is 7.43. The van der Waals surface area contributed by atoms with E-state index in [2.05, 4.69) is 4.98 Å². The predicted molar refractivity (Wildman–Crippen MR) is 49.7 cm³/mol. The summed E-state index contributed by atoms with van der Waals surface area (Å²) < 4.78 is 4.98. The fraction of sp³-hybridized carbons (Fsp3) is 0.250. The maximum absolute atomic E-state index is 10.9. The first-order valence-corrected chi connectivity index (χ1v) is 3.94. The van der Waals surface area contributed by atoms with Gasteiger partial charge < -0.3 is 21.3 Å². The van der Waals surface area contributed by atoms with Crippen molar-refractivity contribution in [1.82, 2.24) is 4.98 Å². The van der Waals surface area contributed by atoms with E-state index in [1.54, 1.807) is 0 Å². The molecule has 0 atom stereocenters. The fourth-order valence-corrected chi connectivity index (χ4v) is 0.889. The van der Waals surface area contributed by atoms with E-state index in [0.29, 0.717) is 0 Å². The molecule has 0 saturated heterocycles. The Balaban J connectivity index is 2.89. The van der Waals surface area contributed by atoms with Crippen LogP contribution in [-0.4, -0.2) is 29.2 Å². The van der Waals surface area contributed by atoms with Gasteiger partial charge in [0.15, 0.2) is 0 Å². The van der Waals surface area contributed by atoms with Gasteiger partial charge in [-0.25, -0.2) is 4.98 Å². The summed E-state index contributed by atoms with van der Waals surface area (Å²) in [5.41, 5.74) is 10.9. The molecule has 14 heavy (non-hydrogen) atoms. The molecule has 0 saturated carbocycles. The number of pyridine rings is 1. The van der Waals surface area contributed by atoms with Crippen LogP contribution >= 0.6 is 0 Å². The molecule has 0 bridgehead atoms. The summed E-state index contributed by atoms with van der Waals surface area (Å²) in [5, 5.41) is 8.49. The normalized spacial score (nSPS) is 9.79. The molecular weight excluding hydrogens is 186 g/mol. The second kappa shape index (κ2) is 4.43. The highest BCUT2D eigenvalue weighted by atomic mass is 16.5. The molecular formula is C8H11N3O3. The Hall–Kier alpha value is -1.82. The zero-order valence-electron chi connectivity index (χ0n) is 7.43. The van der Waals surface area contributed by atoms with E-state index in [1.165, 1.54) is 12.3 Å². The van der Waals surface area contributed by atoms with Crippen molar-refractivity contribution in [1.29, 1.82) is 0 Å². The summed E-state index contributed by atoms with van der Waals surface area (Å²) in [5.74, 6) is -0.430. The molecule has 5 N–H and O–H groups in total. The number of carbonyl (C=O) groups is 1. The quantitative estimate of drug-likeness (QED) is 0.581. The standard InChI is InChI=1S/C8H11N3O3/c9-6-4-11-7(14-2-1-12)3-5(6)8(10)13/h3-4,12H,1-2,9H2,(H2,10,13). The summed E-state index contributed by atoms with van der Waals surface area (Å²) in [6.45, 7) is -0.0208. The van der Waals surface area contributed by atoms with Crippen molar-refractivity contribution in [2.75, 3.05) is 18.9 Å². The summed E-state index contributed by atoms with van der Waals surface area (Å²) in [6, 6.07) is 1.34. The first-order valence-electron chi connectivity index (χ1n) is 3.94. The number of nitrogens with zero attached hydrogens (tertiary/aromatic N) is 1. The van der Waals surface area contributed by atoms with E-state index in [9.17, 15) is 4.79 Å². The Morgan fingerprint density at radius 2 is 2.36 bits per heavy atom. The lowest BCUT2D eigenvalue weighted by molar-refractivity contribution is 0.100. The first kappa shape index (κ1) is 10.3. The van der Waals surface area contributed by atoms with Gasteiger partial charge in [0, 0.05) is 6.07 Å². The molecule has 0 radical (unpaired) electrons. The number of hydrogen-bond donors (Lipinski definition) is 3. The summed E-state index contributed by atoms with van der Waals surface area (Å²) in [4.78, 5) is 14.7. The molecule has 1 aromatic rings. The number of aromatic nitrogens is 1. The molecule has 0 fully saturated rings. The van der Waals surface area contributed by atoms with Gasteiger partial charge in [0.05, 0.1) is 24.1 Å². The minimum atomic E-state index is -0.640. The number of ether oxygens (including phenoxy) is 1.